The molecule has 0 aliphatic carbocycles. The molecule has 3 rings (SSSR count). The van der Waals surface area contributed by atoms with E-state index in [9.17, 15) is 22.9 Å². The Hall–Kier alpha value is -3.10. The molecule has 0 N–H and O–H groups in total. The molecule has 140 valence electrons. The van der Waals surface area contributed by atoms with Crippen LogP contribution in [0.3, 0.4) is 0 Å². The molecule has 0 radical (unpaired) electrons. The predicted octanol–water partition coefficient (Wildman–Crippen LogP) is 1.51. The van der Waals surface area contributed by atoms with Crippen molar-refractivity contribution in [2.24, 2.45) is 0 Å². The molecule has 9 nitrogen and oxygen atoms in total. The van der Waals surface area contributed by atoms with Gasteiger partial charge in [0.1, 0.15) is 17.7 Å². The summed E-state index contributed by atoms with van der Waals surface area (Å²) in [6.07, 6.45) is 0. The molecule has 2 heterocycles. The Morgan fingerprint density at radius 3 is 2.30 bits per heavy atom. The molecule has 1 saturated heterocycles. The van der Waals surface area contributed by atoms with Gasteiger partial charge in [-0.2, -0.15) is 9.57 Å². The van der Waals surface area contributed by atoms with Crippen molar-refractivity contribution in [3.63, 3.8) is 0 Å². The van der Waals surface area contributed by atoms with Crippen molar-refractivity contribution >= 4 is 21.5 Å². The van der Waals surface area contributed by atoms with Crippen LogP contribution < -0.4 is 4.90 Å². The first kappa shape index (κ1) is 18.7. The number of sulfonamides is 1. The Bertz CT molecular complexity index is 1010. The highest BCUT2D eigenvalue weighted by atomic mass is 32.2. The third-order valence-corrected chi connectivity index (χ3v) is 6.09. The molecule has 2 aromatic rings. The highest BCUT2D eigenvalue weighted by Gasteiger charge is 2.29. The summed E-state index contributed by atoms with van der Waals surface area (Å²) in [5, 5.41) is 19.9. The summed E-state index contributed by atoms with van der Waals surface area (Å²) in [5.41, 5.74) is -0.669. The zero-order valence-electron chi connectivity index (χ0n) is 13.9. The van der Waals surface area contributed by atoms with Gasteiger partial charge in [0.25, 0.3) is 0 Å². The highest BCUT2D eigenvalue weighted by Crippen LogP contribution is 2.23. The molecule has 0 saturated carbocycles. The number of hydrogen-bond donors (Lipinski definition) is 0. The number of nitrogens with zero attached hydrogens (tertiary/aromatic N) is 5. The average molecular weight is 391 g/mol. The number of piperazine rings is 1. The molecule has 1 aliphatic rings. The van der Waals surface area contributed by atoms with E-state index in [1.807, 2.05) is 0 Å². The van der Waals surface area contributed by atoms with Crippen LogP contribution in [-0.4, -0.2) is 48.8 Å². The SMILES string of the molecule is N#Cc1nc(N2CCN(S(=O)(=O)c3ccc(F)cc3)CC2)ccc1[N+](=O)[O-]. The lowest BCUT2D eigenvalue weighted by molar-refractivity contribution is -0.385. The van der Waals surface area contributed by atoms with Crippen molar-refractivity contribution in [3.05, 3.63) is 58.0 Å². The topological polar surface area (TPSA) is 120 Å². The first-order valence-corrected chi connectivity index (χ1v) is 9.33. The number of aromatic nitrogens is 1. The normalized spacial score (nSPS) is 15.3. The van der Waals surface area contributed by atoms with Crippen molar-refractivity contribution in [2.75, 3.05) is 31.1 Å². The predicted molar refractivity (Wildman–Crippen MR) is 93.0 cm³/mol. The molecule has 0 atom stereocenters. The van der Waals surface area contributed by atoms with E-state index in [0.717, 1.165) is 12.1 Å². The van der Waals surface area contributed by atoms with Gasteiger partial charge in [-0.1, -0.05) is 0 Å². The first-order valence-electron chi connectivity index (χ1n) is 7.89. The van der Waals surface area contributed by atoms with E-state index in [-0.39, 0.29) is 29.4 Å². The Balaban J connectivity index is 1.75. The molecule has 1 fully saturated rings. The molecule has 0 unspecified atom stereocenters. The van der Waals surface area contributed by atoms with Gasteiger partial charge in [-0.3, -0.25) is 10.1 Å². The Kier molecular flexibility index (Phi) is 5.02. The largest absolute Gasteiger partial charge is 0.354 e. The Morgan fingerprint density at radius 2 is 1.74 bits per heavy atom. The molecule has 27 heavy (non-hydrogen) atoms. The molecule has 0 bridgehead atoms. The van der Waals surface area contributed by atoms with Gasteiger partial charge in [0.05, 0.1) is 9.82 Å². The van der Waals surface area contributed by atoms with Gasteiger partial charge in [0, 0.05) is 32.2 Å². The maximum atomic E-state index is 13.0. The van der Waals surface area contributed by atoms with Crippen molar-refractivity contribution < 1.29 is 17.7 Å². The van der Waals surface area contributed by atoms with Crippen molar-refractivity contribution in [1.29, 1.82) is 5.26 Å². The van der Waals surface area contributed by atoms with Gasteiger partial charge in [-0.15, -0.1) is 0 Å². The maximum Gasteiger partial charge on any atom is 0.305 e. The van der Waals surface area contributed by atoms with E-state index < -0.39 is 20.8 Å². The fourth-order valence-electron chi connectivity index (χ4n) is 2.76. The number of nitriles is 1. The number of halogens is 1. The second-order valence-electron chi connectivity index (χ2n) is 5.75. The molecule has 0 spiro atoms. The molecule has 1 aromatic heterocycles. The third-order valence-electron chi connectivity index (χ3n) is 4.18. The zero-order chi connectivity index (χ0) is 19.6. The smallest absolute Gasteiger partial charge is 0.305 e. The summed E-state index contributed by atoms with van der Waals surface area (Å²) in [5.74, 6) is -0.146. The van der Waals surface area contributed by atoms with Crippen molar-refractivity contribution in [2.45, 2.75) is 4.90 Å². The van der Waals surface area contributed by atoms with Gasteiger partial charge in [0.2, 0.25) is 15.7 Å². The van der Waals surface area contributed by atoms with Gasteiger partial charge in [-0.05, 0) is 30.3 Å². The van der Waals surface area contributed by atoms with Gasteiger partial charge < -0.3 is 4.90 Å². The number of benzene rings is 1. The van der Waals surface area contributed by atoms with Crippen LogP contribution >= 0.6 is 0 Å². The number of hydrogen-bond acceptors (Lipinski definition) is 7. The second-order valence-corrected chi connectivity index (χ2v) is 7.69. The lowest BCUT2D eigenvalue weighted by atomic mass is 10.3. The summed E-state index contributed by atoms with van der Waals surface area (Å²) in [4.78, 5) is 16.0. The van der Waals surface area contributed by atoms with E-state index in [2.05, 4.69) is 4.98 Å². The van der Waals surface area contributed by atoms with E-state index in [4.69, 9.17) is 5.26 Å². The van der Waals surface area contributed by atoms with Crippen LogP contribution in [0.2, 0.25) is 0 Å². The van der Waals surface area contributed by atoms with Crippen molar-refractivity contribution in [1.82, 2.24) is 9.29 Å². The number of rotatable bonds is 4. The summed E-state index contributed by atoms with van der Waals surface area (Å²) < 4.78 is 39.5. The number of nitro groups is 1. The molecule has 1 aromatic carbocycles. The van der Waals surface area contributed by atoms with Crippen LogP contribution in [-0.2, 0) is 10.0 Å². The van der Waals surface area contributed by atoms with Crippen LogP contribution in [0.1, 0.15) is 5.69 Å². The van der Waals surface area contributed by atoms with Crippen LogP contribution in [0.5, 0.6) is 0 Å². The van der Waals surface area contributed by atoms with Gasteiger partial charge >= 0.3 is 5.69 Å². The minimum atomic E-state index is -3.74. The van der Waals surface area contributed by atoms with E-state index in [0.29, 0.717) is 18.9 Å². The molecule has 0 amide bonds. The van der Waals surface area contributed by atoms with Crippen LogP contribution in [0, 0.1) is 27.3 Å². The van der Waals surface area contributed by atoms with Gasteiger partial charge in [-0.25, -0.2) is 17.8 Å². The summed E-state index contributed by atoms with van der Waals surface area (Å²) in [6, 6.07) is 8.96. The summed E-state index contributed by atoms with van der Waals surface area (Å²) >= 11 is 0. The quantitative estimate of drug-likeness (QED) is 0.572. The Labute approximate surface area is 154 Å². The number of pyridine rings is 1. The average Bonchev–Trinajstić information content (AvgIpc) is 2.67. The standard InChI is InChI=1S/C16H14FN5O4S/c17-12-1-3-13(4-2-12)27(25,26)21-9-7-20(8-10-21)16-6-5-15(22(23)24)14(11-18)19-16/h1-6H,7-10H2. The summed E-state index contributed by atoms with van der Waals surface area (Å²) in [6.45, 7) is 0.937. The molecular weight excluding hydrogens is 377 g/mol. The lowest BCUT2D eigenvalue weighted by Crippen LogP contribution is -2.48. The van der Waals surface area contributed by atoms with E-state index >= 15 is 0 Å². The molecule has 1 aliphatic heterocycles. The van der Waals surface area contributed by atoms with Crippen LogP contribution in [0.15, 0.2) is 41.3 Å². The van der Waals surface area contributed by atoms with Crippen LogP contribution in [0.4, 0.5) is 15.9 Å². The van der Waals surface area contributed by atoms with E-state index in [1.54, 1.807) is 11.0 Å². The highest BCUT2D eigenvalue weighted by molar-refractivity contribution is 7.89. The molecular formula is C16H14FN5O4S. The maximum absolute atomic E-state index is 13.0. The minimum absolute atomic E-state index is 0.0116. The third kappa shape index (κ3) is 3.71. The van der Waals surface area contributed by atoms with Crippen LogP contribution in [0.25, 0.3) is 0 Å². The number of anilines is 1. The monoisotopic (exact) mass is 391 g/mol. The lowest BCUT2D eigenvalue weighted by Gasteiger charge is -2.34. The first-order chi connectivity index (χ1) is 12.8. The van der Waals surface area contributed by atoms with Gasteiger partial charge in [0.15, 0.2) is 0 Å². The fourth-order valence-corrected chi connectivity index (χ4v) is 4.18. The summed E-state index contributed by atoms with van der Waals surface area (Å²) in [7, 11) is -3.74. The Morgan fingerprint density at radius 1 is 1.11 bits per heavy atom. The fraction of sp³-hybridized carbons (Fsp3) is 0.250. The second kappa shape index (κ2) is 7.26. The van der Waals surface area contributed by atoms with E-state index in [1.165, 1.54) is 28.6 Å². The molecule has 11 heteroatoms. The zero-order valence-corrected chi connectivity index (χ0v) is 14.8. The van der Waals surface area contributed by atoms with Crippen molar-refractivity contribution in [3.8, 4) is 6.07 Å². The minimum Gasteiger partial charge on any atom is -0.354 e.